The summed E-state index contributed by atoms with van der Waals surface area (Å²) >= 11 is 0. The molecular formula is C17H11N5O. The van der Waals surface area contributed by atoms with Crippen molar-refractivity contribution in [2.45, 2.75) is 6.92 Å². The van der Waals surface area contributed by atoms with Crippen LogP contribution in [0.1, 0.15) is 16.7 Å². The van der Waals surface area contributed by atoms with Crippen LogP contribution in [-0.2, 0) is 0 Å². The molecule has 3 rings (SSSR count). The highest BCUT2D eigenvalue weighted by atomic mass is 16.1. The summed E-state index contributed by atoms with van der Waals surface area (Å²) in [5, 5.41) is 19.5. The number of nitrogens with zero attached hydrogens (tertiary/aromatic N) is 3. The number of benzene rings is 1. The van der Waals surface area contributed by atoms with Crippen LogP contribution in [0, 0.1) is 29.6 Å². The molecule has 0 saturated carbocycles. The molecule has 0 atom stereocenters. The molecule has 0 radical (unpaired) electrons. The van der Waals surface area contributed by atoms with Crippen LogP contribution in [0.15, 0.2) is 35.3 Å². The lowest BCUT2D eigenvalue weighted by molar-refractivity contribution is 1.21. The van der Waals surface area contributed by atoms with Gasteiger partial charge in [-0.05, 0) is 24.1 Å². The molecule has 3 aromatic rings. The highest BCUT2D eigenvalue weighted by Crippen LogP contribution is 2.34. The van der Waals surface area contributed by atoms with E-state index in [-0.39, 0.29) is 22.5 Å². The Balaban J connectivity index is 2.56. The first-order chi connectivity index (χ1) is 11.1. The Kier molecular flexibility index (Phi) is 3.29. The first-order valence-corrected chi connectivity index (χ1v) is 6.79. The Morgan fingerprint density at radius 3 is 2.61 bits per heavy atom. The number of pyridine rings is 2. The summed E-state index contributed by atoms with van der Waals surface area (Å²) in [5.41, 5.74) is 7.63. The Morgan fingerprint density at radius 2 is 1.91 bits per heavy atom. The lowest BCUT2D eigenvalue weighted by atomic mass is 9.92. The largest absolute Gasteiger partial charge is 0.384 e. The van der Waals surface area contributed by atoms with Crippen LogP contribution in [0.25, 0.3) is 22.0 Å². The van der Waals surface area contributed by atoms with Crippen LogP contribution in [0.4, 0.5) is 5.82 Å². The van der Waals surface area contributed by atoms with Crippen molar-refractivity contribution < 1.29 is 0 Å². The van der Waals surface area contributed by atoms with Gasteiger partial charge in [0.1, 0.15) is 29.1 Å². The third-order valence-corrected chi connectivity index (χ3v) is 3.71. The van der Waals surface area contributed by atoms with Crippen molar-refractivity contribution in [2.24, 2.45) is 0 Å². The number of aryl methyl sites for hydroxylation is 1. The van der Waals surface area contributed by atoms with Crippen LogP contribution in [0.5, 0.6) is 0 Å². The first-order valence-electron chi connectivity index (χ1n) is 6.79. The number of aromatic amines is 1. The minimum absolute atomic E-state index is 0.0517. The summed E-state index contributed by atoms with van der Waals surface area (Å²) in [6.45, 7) is 1.92. The molecule has 23 heavy (non-hydrogen) atoms. The number of hydrogen-bond acceptors (Lipinski definition) is 5. The van der Waals surface area contributed by atoms with E-state index in [2.05, 4.69) is 9.97 Å². The minimum Gasteiger partial charge on any atom is -0.384 e. The quantitative estimate of drug-likeness (QED) is 0.714. The zero-order valence-electron chi connectivity index (χ0n) is 12.2. The smallest absolute Gasteiger partial charge is 0.268 e. The predicted octanol–water partition coefficient (Wildman–Crippen LogP) is 2.22. The second-order valence-corrected chi connectivity index (χ2v) is 5.05. The number of fused-ring (bicyclic) bond motifs is 1. The molecule has 0 bridgehead atoms. The fourth-order valence-electron chi connectivity index (χ4n) is 2.64. The van der Waals surface area contributed by atoms with Gasteiger partial charge >= 0.3 is 0 Å². The monoisotopic (exact) mass is 301 g/mol. The summed E-state index contributed by atoms with van der Waals surface area (Å²) < 4.78 is 0. The molecule has 0 unspecified atom stereocenters. The van der Waals surface area contributed by atoms with Crippen molar-refractivity contribution in [3.05, 3.63) is 57.5 Å². The maximum atomic E-state index is 12.1. The Bertz CT molecular complexity index is 1080. The topological polar surface area (TPSA) is 119 Å². The van der Waals surface area contributed by atoms with Gasteiger partial charge in [-0.25, -0.2) is 0 Å². The average Bonchev–Trinajstić information content (AvgIpc) is 2.55. The SMILES string of the molecule is Cc1ccc(-c2c(C#N)c(N)[nH]c(=O)c2C#N)c2cccnc12. The minimum atomic E-state index is -0.614. The van der Waals surface area contributed by atoms with Crippen molar-refractivity contribution in [3.8, 4) is 23.3 Å². The number of nitrogens with two attached hydrogens (primary N) is 1. The molecule has 1 aromatic carbocycles. The Hall–Kier alpha value is -3.64. The van der Waals surface area contributed by atoms with Crippen LogP contribution in [0.2, 0.25) is 0 Å². The Morgan fingerprint density at radius 1 is 1.17 bits per heavy atom. The molecule has 0 spiro atoms. The van der Waals surface area contributed by atoms with Gasteiger partial charge in [0.25, 0.3) is 5.56 Å². The second-order valence-electron chi connectivity index (χ2n) is 5.05. The van der Waals surface area contributed by atoms with Gasteiger partial charge in [-0.3, -0.25) is 9.78 Å². The van der Waals surface area contributed by atoms with E-state index in [4.69, 9.17) is 5.73 Å². The van der Waals surface area contributed by atoms with Crippen LogP contribution in [-0.4, -0.2) is 9.97 Å². The normalized spacial score (nSPS) is 10.2. The van der Waals surface area contributed by atoms with Gasteiger partial charge in [-0.2, -0.15) is 10.5 Å². The number of rotatable bonds is 1. The van der Waals surface area contributed by atoms with Gasteiger partial charge in [0, 0.05) is 17.1 Å². The fourth-order valence-corrected chi connectivity index (χ4v) is 2.64. The molecule has 6 heteroatoms. The van der Waals surface area contributed by atoms with E-state index >= 15 is 0 Å². The second kappa shape index (κ2) is 5.28. The third-order valence-electron chi connectivity index (χ3n) is 3.71. The van der Waals surface area contributed by atoms with Crippen molar-refractivity contribution in [1.82, 2.24) is 9.97 Å². The lowest BCUT2D eigenvalue weighted by Gasteiger charge is -2.12. The number of anilines is 1. The van der Waals surface area contributed by atoms with Gasteiger partial charge in [-0.15, -0.1) is 0 Å². The van der Waals surface area contributed by atoms with E-state index in [0.717, 1.165) is 16.5 Å². The summed E-state index contributed by atoms with van der Waals surface area (Å²) in [5.74, 6) is -0.0517. The molecule has 2 aromatic heterocycles. The zero-order valence-corrected chi connectivity index (χ0v) is 12.2. The van der Waals surface area contributed by atoms with Crippen LogP contribution in [0.3, 0.4) is 0 Å². The van der Waals surface area contributed by atoms with Crippen molar-refractivity contribution in [1.29, 1.82) is 10.5 Å². The summed E-state index contributed by atoms with van der Waals surface area (Å²) in [4.78, 5) is 18.7. The van der Waals surface area contributed by atoms with Gasteiger partial charge in [0.2, 0.25) is 0 Å². The van der Waals surface area contributed by atoms with Gasteiger partial charge in [-0.1, -0.05) is 18.2 Å². The van der Waals surface area contributed by atoms with E-state index in [1.54, 1.807) is 18.3 Å². The fraction of sp³-hybridized carbons (Fsp3) is 0.0588. The van der Waals surface area contributed by atoms with Crippen LogP contribution >= 0.6 is 0 Å². The molecule has 0 aliphatic heterocycles. The van der Waals surface area contributed by atoms with Gasteiger partial charge in [0.05, 0.1) is 5.52 Å². The van der Waals surface area contributed by atoms with Crippen LogP contribution < -0.4 is 11.3 Å². The molecule has 0 fully saturated rings. The molecule has 3 N–H and O–H groups in total. The van der Waals surface area contributed by atoms with E-state index in [0.29, 0.717) is 5.56 Å². The van der Waals surface area contributed by atoms with Gasteiger partial charge in [0.15, 0.2) is 0 Å². The standard InChI is InChI=1S/C17H11N5O/c1-9-4-5-10(11-3-2-6-21-15(9)11)14-12(7-18)16(20)22-17(23)13(14)8-19/h2-6H,1H3,(H3,20,22,23). The molecule has 2 heterocycles. The lowest BCUT2D eigenvalue weighted by Crippen LogP contribution is -2.16. The number of H-pyrrole nitrogens is 1. The van der Waals surface area contributed by atoms with E-state index in [1.807, 2.05) is 31.2 Å². The molecule has 110 valence electrons. The average molecular weight is 301 g/mol. The first kappa shape index (κ1) is 14.3. The third kappa shape index (κ3) is 2.10. The highest BCUT2D eigenvalue weighted by molar-refractivity contribution is 5.99. The maximum absolute atomic E-state index is 12.1. The Labute approximate surface area is 131 Å². The number of nitrogens with one attached hydrogen (secondary N) is 1. The van der Waals surface area contributed by atoms with E-state index in [9.17, 15) is 15.3 Å². The maximum Gasteiger partial charge on any atom is 0.268 e. The highest BCUT2D eigenvalue weighted by Gasteiger charge is 2.20. The van der Waals surface area contributed by atoms with E-state index in [1.165, 1.54) is 0 Å². The van der Waals surface area contributed by atoms with Crippen molar-refractivity contribution in [2.75, 3.05) is 5.73 Å². The molecule has 0 aliphatic rings. The summed E-state index contributed by atoms with van der Waals surface area (Å²) in [7, 11) is 0. The number of nitriles is 2. The predicted molar refractivity (Wildman–Crippen MR) is 86.4 cm³/mol. The van der Waals surface area contributed by atoms with E-state index < -0.39 is 5.56 Å². The molecular weight excluding hydrogens is 290 g/mol. The molecule has 6 nitrogen and oxygen atoms in total. The summed E-state index contributed by atoms with van der Waals surface area (Å²) in [6, 6.07) is 11.1. The number of hydrogen-bond donors (Lipinski definition) is 2. The summed E-state index contributed by atoms with van der Waals surface area (Å²) in [6.07, 6.45) is 1.67. The number of nitrogen functional groups attached to an aromatic ring is 1. The van der Waals surface area contributed by atoms with Gasteiger partial charge < -0.3 is 10.7 Å². The molecule has 0 amide bonds. The van der Waals surface area contributed by atoms with Crippen molar-refractivity contribution in [3.63, 3.8) is 0 Å². The molecule has 0 saturated heterocycles. The van der Waals surface area contributed by atoms with Crippen molar-refractivity contribution >= 4 is 16.7 Å². The molecule has 0 aliphatic carbocycles. The number of aromatic nitrogens is 2. The zero-order chi connectivity index (χ0) is 16.6.